The van der Waals surface area contributed by atoms with Gasteiger partial charge in [-0.2, -0.15) is 0 Å². The zero-order valence-corrected chi connectivity index (χ0v) is 14.5. The molecule has 0 spiro atoms. The Morgan fingerprint density at radius 3 is 2.70 bits per heavy atom. The molecule has 0 saturated carbocycles. The van der Waals surface area contributed by atoms with Gasteiger partial charge < -0.3 is 10.2 Å². The predicted molar refractivity (Wildman–Crippen MR) is 87.1 cm³/mol. The van der Waals surface area contributed by atoms with Gasteiger partial charge in [-0.05, 0) is 44.2 Å². The van der Waals surface area contributed by atoms with Crippen molar-refractivity contribution in [1.29, 1.82) is 0 Å². The van der Waals surface area contributed by atoms with E-state index < -0.39 is 9.84 Å². The van der Waals surface area contributed by atoms with Crippen LogP contribution in [0, 0.1) is 0 Å². The van der Waals surface area contributed by atoms with Gasteiger partial charge >= 0.3 is 0 Å². The van der Waals surface area contributed by atoms with Crippen LogP contribution < -0.4 is 10.2 Å². The maximum Gasteiger partial charge on any atom is 0.152 e. The molecule has 0 amide bonds. The van der Waals surface area contributed by atoms with Crippen LogP contribution >= 0.6 is 15.9 Å². The summed E-state index contributed by atoms with van der Waals surface area (Å²) in [5.74, 6) is 0.558. The maximum absolute atomic E-state index is 11.7. The summed E-state index contributed by atoms with van der Waals surface area (Å²) in [7, 11) is 1.05. The third kappa shape index (κ3) is 3.35. The Morgan fingerprint density at radius 1 is 1.45 bits per heavy atom. The molecular weight excluding hydrogens is 340 g/mol. The largest absolute Gasteiger partial charge is 0.370 e. The van der Waals surface area contributed by atoms with Gasteiger partial charge in [-0.15, -0.1) is 0 Å². The van der Waals surface area contributed by atoms with E-state index in [0.717, 1.165) is 10.2 Å². The second kappa shape index (κ2) is 6.03. The van der Waals surface area contributed by atoms with E-state index in [1.165, 1.54) is 5.56 Å². The molecule has 1 N–H and O–H groups in total. The smallest absolute Gasteiger partial charge is 0.152 e. The van der Waals surface area contributed by atoms with E-state index in [-0.39, 0.29) is 17.8 Å². The van der Waals surface area contributed by atoms with Crippen molar-refractivity contribution in [2.45, 2.75) is 25.4 Å². The van der Waals surface area contributed by atoms with Crippen molar-refractivity contribution >= 4 is 31.5 Å². The minimum atomic E-state index is -2.86. The fourth-order valence-corrected chi connectivity index (χ4v) is 4.78. The van der Waals surface area contributed by atoms with Gasteiger partial charge in [-0.3, -0.25) is 0 Å². The Hall–Kier alpha value is -0.590. The van der Waals surface area contributed by atoms with Gasteiger partial charge in [0.25, 0.3) is 0 Å². The third-order valence-electron chi connectivity index (χ3n) is 4.03. The summed E-state index contributed by atoms with van der Waals surface area (Å²) >= 11 is 3.50. The molecule has 1 saturated heterocycles. The maximum atomic E-state index is 11.7. The highest BCUT2D eigenvalue weighted by Crippen LogP contribution is 2.32. The third-order valence-corrected chi connectivity index (χ3v) is 6.27. The quantitative estimate of drug-likeness (QED) is 0.895. The fraction of sp³-hybridized carbons (Fsp3) is 0.571. The molecule has 0 aromatic heterocycles. The number of hydrogen-bond donors (Lipinski definition) is 1. The molecule has 2 rings (SSSR count). The Kier molecular flexibility index (Phi) is 4.76. The average Bonchev–Trinajstić information content (AvgIpc) is 2.77. The summed E-state index contributed by atoms with van der Waals surface area (Å²) < 4.78 is 24.4. The van der Waals surface area contributed by atoms with Crippen molar-refractivity contribution in [1.82, 2.24) is 5.32 Å². The predicted octanol–water partition coefficient (Wildman–Crippen LogP) is 2.35. The number of hydrogen-bond acceptors (Lipinski definition) is 4. The minimum absolute atomic E-state index is 0.0731. The van der Waals surface area contributed by atoms with Crippen molar-refractivity contribution < 1.29 is 8.42 Å². The Labute approximate surface area is 129 Å². The van der Waals surface area contributed by atoms with Gasteiger partial charge in [0, 0.05) is 29.3 Å². The van der Waals surface area contributed by atoms with Crippen molar-refractivity contribution in [2.75, 3.05) is 30.5 Å². The highest BCUT2D eigenvalue weighted by atomic mass is 79.9. The van der Waals surface area contributed by atoms with Gasteiger partial charge in [0.2, 0.25) is 0 Å². The van der Waals surface area contributed by atoms with Crippen LogP contribution in [0.2, 0.25) is 0 Å². The summed E-state index contributed by atoms with van der Waals surface area (Å²) in [6.07, 6.45) is 0.711. The van der Waals surface area contributed by atoms with Gasteiger partial charge in [0.1, 0.15) is 0 Å². The Bertz CT molecular complexity index is 589. The topological polar surface area (TPSA) is 49.4 Å². The van der Waals surface area contributed by atoms with E-state index in [9.17, 15) is 8.42 Å². The lowest BCUT2D eigenvalue weighted by Crippen LogP contribution is -2.34. The standard InChI is InChI=1S/C14H21BrN2O2S/c1-10(16-2)13-8-11(15)4-5-14(13)17(3)12-6-7-20(18,19)9-12/h4-5,8,10,12,16H,6-7,9H2,1-3H3. The average molecular weight is 361 g/mol. The monoisotopic (exact) mass is 360 g/mol. The molecule has 6 heteroatoms. The van der Waals surface area contributed by atoms with Crippen LogP contribution in [0.5, 0.6) is 0 Å². The molecule has 20 heavy (non-hydrogen) atoms. The van der Waals surface area contributed by atoms with Gasteiger partial charge in [0.15, 0.2) is 9.84 Å². The highest BCUT2D eigenvalue weighted by molar-refractivity contribution is 9.10. The van der Waals surface area contributed by atoms with Gasteiger partial charge in [-0.1, -0.05) is 15.9 Å². The number of rotatable bonds is 4. The van der Waals surface area contributed by atoms with E-state index in [2.05, 4.69) is 45.2 Å². The lowest BCUT2D eigenvalue weighted by Gasteiger charge is -2.29. The van der Waals surface area contributed by atoms with E-state index in [0.29, 0.717) is 12.2 Å². The molecule has 1 aliphatic rings. The van der Waals surface area contributed by atoms with Crippen LogP contribution in [0.15, 0.2) is 22.7 Å². The number of nitrogens with zero attached hydrogens (tertiary/aromatic N) is 1. The van der Waals surface area contributed by atoms with Crippen molar-refractivity contribution in [3.05, 3.63) is 28.2 Å². The first kappa shape index (κ1) is 15.8. The van der Waals surface area contributed by atoms with Crippen LogP contribution in [-0.2, 0) is 9.84 Å². The molecule has 2 atom stereocenters. The van der Waals surface area contributed by atoms with Crippen LogP contribution in [0.25, 0.3) is 0 Å². The van der Waals surface area contributed by atoms with Crippen LogP contribution in [0.1, 0.15) is 24.9 Å². The molecule has 1 aromatic carbocycles. The summed E-state index contributed by atoms with van der Waals surface area (Å²) in [4.78, 5) is 2.11. The zero-order chi connectivity index (χ0) is 14.9. The molecule has 1 heterocycles. The van der Waals surface area contributed by atoms with Crippen molar-refractivity contribution in [2.24, 2.45) is 0 Å². The molecule has 1 fully saturated rings. The Balaban J connectivity index is 2.32. The summed E-state index contributed by atoms with van der Waals surface area (Å²) in [6.45, 7) is 2.10. The SMILES string of the molecule is CNC(C)c1cc(Br)ccc1N(C)C1CCS(=O)(=O)C1. The van der Waals surface area contributed by atoms with E-state index in [4.69, 9.17) is 0 Å². The Morgan fingerprint density at radius 2 is 2.15 bits per heavy atom. The van der Waals surface area contributed by atoms with Crippen molar-refractivity contribution in [3.63, 3.8) is 0 Å². The zero-order valence-electron chi connectivity index (χ0n) is 12.1. The summed E-state index contributed by atoms with van der Waals surface area (Å²) in [5, 5.41) is 3.24. The fourth-order valence-electron chi connectivity index (χ4n) is 2.63. The van der Waals surface area contributed by atoms with E-state index >= 15 is 0 Å². The molecule has 1 aromatic rings. The van der Waals surface area contributed by atoms with Gasteiger partial charge in [-0.25, -0.2) is 8.42 Å². The molecule has 2 unspecified atom stereocenters. The molecular formula is C14H21BrN2O2S. The molecule has 0 radical (unpaired) electrons. The van der Waals surface area contributed by atoms with E-state index in [1.807, 2.05) is 20.2 Å². The summed E-state index contributed by atoms with van der Waals surface area (Å²) in [6, 6.07) is 6.43. The highest BCUT2D eigenvalue weighted by Gasteiger charge is 2.31. The van der Waals surface area contributed by atoms with Crippen LogP contribution in [0.3, 0.4) is 0 Å². The van der Waals surface area contributed by atoms with E-state index in [1.54, 1.807) is 0 Å². The number of benzene rings is 1. The first-order valence-corrected chi connectivity index (χ1v) is 9.35. The second-order valence-electron chi connectivity index (χ2n) is 5.38. The molecule has 4 nitrogen and oxygen atoms in total. The molecule has 0 aliphatic carbocycles. The number of anilines is 1. The normalized spacial score (nSPS) is 22.7. The molecule has 1 aliphatic heterocycles. The van der Waals surface area contributed by atoms with Gasteiger partial charge in [0.05, 0.1) is 11.5 Å². The molecule has 0 bridgehead atoms. The summed E-state index contributed by atoms with van der Waals surface area (Å²) in [5.41, 5.74) is 2.27. The first-order chi connectivity index (χ1) is 9.34. The second-order valence-corrected chi connectivity index (χ2v) is 8.53. The van der Waals surface area contributed by atoms with Crippen LogP contribution in [-0.4, -0.2) is 40.1 Å². The molecule has 112 valence electrons. The first-order valence-electron chi connectivity index (χ1n) is 6.74. The minimum Gasteiger partial charge on any atom is -0.370 e. The lowest BCUT2D eigenvalue weighted by atomic mass is 10.0. The number of sulfone groups is 1. The number of nitrogens with one attached hydrogen (secondary N) is 1. The van der Waals surface area contributed by atoms with Crippen molar-refractivity contribution in [3.8, 4) is 0 Å². The number of halogens is 1. The van der Waals surface area contributed by atoms with Crippen LogP contribution in [0.4, 0.5) is 5.69 Å². The lowest BCUT2D eigenvalue weighted by molar-refractivity contribution is 0.600.